The van der Waals surface area contributed by atoms with Crippen LogP contribution in [0.25, 0.3) is 0 Å². The summed E-state index contributed by atoms with van der Waals surface area (Å²) in [7, 11) is 0. The quantitative estimate of drug-likeness (QED) is 0.788. The number of carbonyl (C=O) groups is 2. The van der Waals surface area contributed by atoms with Crippen LogP contribution in [0.5, 0.6) is 5.75 Å². The predicted molar refractivity (Wildman–Crippen MR) is 100 cm³/mol. The van der Waals surface area contributed by atoms with Crippen molar-refractivity contribution < 1.29 is 14.3 Å². The van der Waals surface area contributed by atoms with E-state index in [1.54, 1.807) is 48.5 Å². The first kappa shape index (κ1) is 18.5. The summed E-state index contributed by atoms with van der Waals surface area (Å²) in [4.78, 5) is 24.6. The van der Waals surface area contributed by atoms with Crippen LogP contribution in [-0.2, 0) is 4.79 Å². The zero-order chi connectivity index (χ0) is 18.2. The maximum absolute atomic E-state index is 12.6. The van der Waals surface area contributed by atoms with E-state index in [4.69, 9.17) is 4.74 Å². The lowest BCUT2D eigenvalue weighted by atomic mass is 10.1. The molecule has 0 unspecified atom stereocenters. The van der Waals surface area contributed by atoms with E-state index in [1.165, 1.54) is 0 Å². The lowest BCUT2D eigenvalue weighted by molar-refractivity contribution is -0.116. The van der Waals surface area contributed by atoms with Crippen LogP contribution in [-0.4, -0.2) is 18.4 Å². The van der Waals surface area contributed by atoms with Crippen molar-refractivity contribution in [3.05, 3.63) is 54.1 Å². The smallest absolute Gasteiger partial charge is 0.257 e. The molecule has 5 heteroatoms. The normalized spacial score (nSPS) is 10.4. The Morgan fingerprint density at radius 1 is 1.00 bits per heavy atom. The molecular weight excluding hydrogens is 316 g/mol. The van der Waals surface area contributed by atoms with Crippen LogP contribution >= 0.6 is 0 Å². The van der Waals surface area contributed by atoms with Crippen molar-refractivity contribution >= 4 is 23.2 Å². The van der Waals surface area contributed by atoms with Gasteiger partial charge in [0.25, 0.3) is 5.91 Å². The molecule has 0 saturated carbocycles. The van der Waals surface area contributed by atoms with Gasteiger partial charge in [-0.15, -0.1) is 0 Å². The Bertz CT molecular complexity index is 724. The van der Waals surface area contributed by atoms with Gasteiger partial charge in [0.05, 0.1) is 17.9 Å². The van der Waals surface area contributed by atoms with Crippen molar-refractivity contribution in [2.45, 2.75) is 27.2 Å². The predicted octanol–water partition coefficient (Wildman–Crippen LogP) is 4.32. The number of amides is 2. The zero-order valence-corrected chi connectivity index (χ0v) is 14.8. The van der Waals surface area contributed by atoms with Crippen molar-refractivity contribution in [1.29, 1.82) is 0 Å². The fraction of sp³-hybridized carbons (Fsp3) is 0.300. The van der Waals surface area contributed by atoms with Crippen LogP contribution in [0.15, 0.2) is 48.5 Å². The topological polar surface area (TPSA) is 67.4 Å². The molecule has 0 spiro atoms. The summed E-state index contributed by atoms with van der Waals surface area (Å²) in [5.74, 6) is 0.632. The van der Waals surface area contributed by atoms with Crippen LogP contribution in [0.2, 0.25) is 0 Å². The maximum atomic E-state index is 12.6. The molecule has 2 N–H and O–H groups in total. The summed E-state index contributed by atoms with van der Waals surface area (Å²) in [5.41, 5.74) is 1.60. The van der Waals surface area contributed by atoms with E-state index in [0.717, 1.165) is 5.75 Å². The molecule has 2 aromatic carbocycles. The average Bonchev–Trinajstić information content (AvgIpc) is 2.56. The van der Waals surface area contributed by atoms with Crippen LogP contribution in [0.3, 0.4) is 0 Å². The molecule has 132 valence electrons. The number of para-hydroxylation sites is 1. The second kappa shape index (κ2) is 8.87. The molecule has 0 aromatic heterocycles. The van der Waals surface area contributed by atoms with Gasteiger partial charge in [0.1, 0.15) is 5.75 Å². The van der Waals surface area contributed by atoms with Crippen LogP contribution in [0, 0.1) is 5.92 Å². The Morgan fingerprint density at radius 3 is 2.32 bits per heavy atom. The molecule has 5 nitrogen and oxygen atoms in total. The number of ether oxygens (including phenoxy) is 1. The summed E-state index contributed by atoms with van der Waals surface area (Å²) in [5, 5.41) is 5.65. The summed E-state index contributed by atoms with van der Waals surface area (Å²) < 4.78 is 5.38. The van der Waals surface area contributed by atoms with E-state index >= 15 is 0 Å². The van der Waals surface area contributed by atoms with Gasteiger partial charge in [-0.2, -0.15) is 0 Å². The van der Waals surface area contributed by atoms with Crippen molar-refractivity contribution in [1.82, 2.24) is 0 Å². The molecule has 0 heterocycles. The molecule has 2 amide bonds. The molecule has 0 aliphatic rings. The third-order valence-corrected chi connectivity index (χ3v) is 3.46. The number of carbonyl (C=O) groups excluding carboxylic acids is 2. The second-order valence-corrected chi connectivity index (χ2v) is 6.10. The Kier molecular flexibility index (Phi) is 6.57. The van der Waals surface area contributed by atoms with Crippen molar-refractivity contribution in [3.63, 3.8) is 0 Å². The second-order valence-electron chi connectivity index (χ2n) is 6.10. The highest BCUT2D eigenvalue weighted by molar-refractivity contribution is 6.10. The van der Waals surface area contributed by atoms with Crippen LogP contribution < -0.4 is 15.4 Å². The first-order valence-electron chi connectivity index (χ1n) is 8.42. The van der Waals surface area contributed by atoms with E-state index < -0.39 is 0 Å². The number of nitrogens with one attached hydrogen (secondary N) is 2. The molecule has 0 aliphatic carbocycles. The average molecular weight is 340 g/mol. The minimum Gasteiger partial charge on any atom is -0.494 e. The number of anilines is 2. The Balaban J connectivity index is 2.09. The molecule has 25 heavy (non-hydrogen) atoms. The number of hydrogen-bond donors (Lipinski definition) is 2. The molecule has 0 saturated heterocycles. The number of benzene rings is 2. The van der Waals surface area contributed by atoms with Gasteiger partial charge in [0, 0.05) is 12.1 Å². The monoisotopic (exact) mass is 340 g/mol. The number of rotatable bonds is 7. The molecule has 0 bridgehead atoms. The zero-order valence-electron chi connectivity index (χ0n) is 14.8. The third kappa shape index (κ3) is 5.64. The van der Waals surface area contributed by atoms with E-state index in [9.17, 15) is 9.59 Å². The van der Waals surface area contributed by atoms with Crippen molar-refractivity contribution in [2.75, 3.05) is 17.2 Å². The fourth-order valence-corrected chi connectivity index (χ4v) is 2.36. The minimum atomic E-state index is -0.274. The SMILES string of the molecule is CCOc1ccc(NC(=O)c2ccccc2NC(=O)CC(C)C)cc1. The largest absolute Gasteiger partial charge is 0.494 e. The summed E-state index contributed by atoms with van der Waals surface area (Å²) >= 11 is 0. The van der Waals surface area contributed by atoms with E-state index in [2.05, 4.69) is 10.6 Å². The minimum absolute atomic E-state index is 0.101. The van der Waals surface area contributed by atoms with Gasteiger partial charge < -0.3 is 15.4 Å². The summed E-state index contributed by atoms with van der Waals surface area (Å²) in [6, 6.07) is 14.1. The van der Waals surface area contributed by atoms with Gasteiger partial charge in [0.15, 0.2) is 0 Å². The van der Waals surface area contributed by atoms with Gasteiger partial charge in [0.2, 0.25) is 5.91 Å². The van der Waals surface area contributed by atoms with E-state index in [1.807, 2.05) is 20.8 Å². The molecule has 0 atom stereocenters. The maximum Gasteiger partial charge on any atom is 0.257 e. The summed E-state index contributed by atoms with van der Waals surface area (Å²) in [6.07, 6.45) is 0.412. The molecule has 0 fully saturated rings. The standard InChI is InChI=1S/C20H24N2O3/c1-4-25-16-11-9-15(10-12-16)21-20(24)17-7-5-6-8-18(17)22-19(23)13-14(2)3/h5-12,14H,4,13H2,1-3H3,(H,21,24)(H,22,23). The van der Waals surface area contributed by atoms with E-state index in [0.29, 0.717) is 30.0 Å². The van der Waals surface area contributed by atoms with Crippen LogP contribution in [0.1, 0.15) is 37.6 Å². The number of hydrogen-bond acceptors (Lipinski definition) is 3. The summed E-state index contributed by atoms with van der Waals surface area (Å²) in [6.45, 7) is 6.46. The highest BCUT2D eigenvalue weighted by Crippen LogP contribution is 2.20. The van der Waals surface area contributed by atoms with Crippen molar-refractivity contribution in [3.8, 4) is 5.75 Å². The molecule has 0 aliphatic heterocycles. The van der Waals surface area contributed by atoms with Gasteiger partial charge >= 0.3 is 0 Å². The third-order valence-electron chi connectivity index (χ3n) is 3.46. The van der Waals surface area contributed by atoms with Gasteiger partial charge in [-0.05, 0) is 49.2 Å². The Hall–Kier alpha value is -2.82. The van der Waals surface area contributed by atoms with E-state index in [-0.39, 0.29) is 17.7 Å². The van der Waals surface area contributed by atoms with Crippen LogP contribution in [0.4, 0.5) is 11.4 Å². The van der Waals surface area contributed by atoms with Crippen molar-refractivity contribution in [2.24, 2.45) is 5.92 Å². The first-order chi connectivity index (χ1) is 12.0. The lowest BCUT2D eigenvalue weighted by Crippen LogP contribution is -2.19. The highest BCUT2D eigenvalue weighted by Gasteiger charge is 2.14. The molecule has 0 radical (unpaired) electrons. The van der Waals surface area contributed by atoms with Gasteiger partial charge in [-0.3, -0.25) is 9.59 Å². The first-order valence-corrected chi connectivity index (χ1v) is 8.42. The Morgan fingerprint density at radius 2 is 1.68 bits per heavy atom. The Labute approximate surface area is 148 Å². The molecule has 2 rings (SSSR count). The fourth-order valence-electron chi connectivity index (χ4n) is 2.36. The highest BCUT2D eigenvalue weighted by atomic mass is 16.5. The molecular formula is C20H24N2O3. The van der Waals surface area contributed by atoms with Gasteiger partial charge in [-0.1, -0.05) is 26.0 Å². The lowest BCUT2D eigenvalue weighted by Gasteiger charge is -2.12. The molecule has 2 aromatic rings. The van der Waals surface area contributed by atoms with Gasteiger partial charge in [-0.25, -0.2) is 0 Å².